The molecule has 0 radical (unpaired) electrons. The summed E-state index contributed by atoms with van der Waals surface area (Å²) >= 11 is 5.96. The van der Waals surface area contributed by atoms with Crippen LogP contribution in [0.1, 0.15) is 22.3 Å². The van der Waals surface area contributed by atoms with Crippen molar-refractivity contribution in [2.75, 3.05) is 44.2 Å². The molecule has 2 aromatic carbocycles. The molecule has 0 saturated carbocycles. The molecule has 0 unspecified atom stereocenters. The number of ketones is 1. The number of benzene rings is 2. The fourth-order valence-corrected chi connectivity index (χ4v) is 3.95. The highest BCUT2D eigenvalue weighted by atomic mass is 35.5. The number of Topliss-reactive ketones (excluding diaryl/α,β-unsaturated/α-hetero) is 1. The van der Waals surface area contributed by atoms with Crippen molar-refractivity contribution in [3.05, 3.63) is 70.3 Å². The highest BCUT2D eigenvalue weighted by molar-refractivity contribution is 6.30. The standard InChI is InChI=1S/C23H24ClN3O2/c24-17-6-8-18(9-7-17)27-14-12-26(13-15-27)11-3-10-25-16-21-22(28)19-4-1-2-5-20(19)23(21)29/h1-2,4-9,16,28H,3,10-15H2. The lowest BCUT2D eigenvalue weighted by Gasteiger charge is -2.36. The predicted octanol–water partition coefficient (Wildman–Crippen LogP) is 4.09. The van der Waals surface area contributed by atoms with E-state index in [0.29, 0.717) is 23.2 Å². The molecule has 1 aliphatic heterocycles. The fourth-order valence-electron chi connectivity index (χ4n) is 3.83. The lowest BCUT2D eigenvalue weighted by Crippen LogP contribution is -2.46. The highest BCUT2D eigenvalue weighted by Gasteiger charge is 2.27. The Morgan fingerprint density at radius 3 is 2.38 bits per heavy atom. The maximum Gasteiger partial charge on any atom is 0.199 e. The molecule has 0 spiro atoms. The minimum atomic E-state index is -0.153. The average molecular weight is 410 g/mol. The van der Waals surface area contributed by atoms with Gasteiger partial charge in [-0.15, -0.1) is 0 Å². The van der Waals surface area contributed by atoms with E-state index in [2.05, 4.69) is 26.9 Å². The van der Waals surface area contributed by atoms with Gasteiger partial charge >= 0.3 is 0 Å². The van der Waals surface area contributed by atoms with Crippen molar-refractivity contribution in [2.24, 2.45) is 4.99 Å². The lowest BCUT2D eigenvalue weighted by molar-refractivity contribution is 0.104. The number of allylic oxidation sites excluding steroid dienone is 1. The van der Waals surface area contributed by atoms with Gasteiger partial charge in [-0.1, -0.05) is 35.9 Å². The third-order valence-electron chi connectivity index (χ3n) is 5.47. The molecular weight excluding hydrogens is 386 g/mol. The van der Waals surface area contributed by atoms with Crippen molar-refractivity contribution < 1.29 is 9.90 Å². The van der Waals surface area contributed by atoms with E-state index in [0.717, 1.165) is 44.2 Å². The van der Waals surface area contributed by atoms with E-state index in [1.807, 2.05) is 18.2 Å². The van der Waals surface area contributed by atoms with Gasteiger partial charge in [0.1, 0.15) is 5.76 Å². The zero-order chi connectivity index (χ0) is 20.2. The predicted molar refractivity (Wildman–Crippen MR) is 118 cm³/mol. The number of anilines is 1. The van der Waals surface area contributed by atoms with Gasteiger partial charge in [-0.05, 0) is 30.7 Å². The first-order valence-corrected chi connectivity index (χ1v) is 10.3. The normalized spacial score (nSPS) is 17.4. The molecule has 1 aliphatic carbocycles. The largest absolute Gasteiger partial charge is 0.506 e. The van der Waals surface area contributed by atoms with E-state index in [9.17, 15) is 9.90 Å². The summed E-state index contributed by atoms with van der Waals surface area (Å²) in [5.41, 5.74) is 2.65. The number of aliphatic imine (C=N–C) groups is 1. The Hall–Kier alpha value is -2.63. The number of aliphatic hydroxyl groups excluding tert-OH is 1. The van der Waals surface area contributed by atoms with E-state index >= 15 is 0 Å². The average Bonchev–Trinajstić information content (AvgIpc) is 2.99. The van der Waals surface area contributed by atoms with E-state index < -0.39 is 0 Å². The van der Waals surface area contributed by atoms with Gasteiger partial charge in [-0.25, -0.2) is 0 Å². The van der Waals surface area contributed by atoms with Gasteiger partial charge in [0.15, 0.2) is 5.78 Å². The van der Waals surface area contributed by atoms with Gasteiger partial charge in [0.05, 0.1) is 5.57 Å². The van der Waals surface area contributed by atoms with E-state index in [-0.39, 0.29) is 11.5 Å². The van der Waals surface area contributed by atoms with Crippen LogP contribution in [0.3, 0.4) is 0 Å². The number of halogens is 1. The van der Waals surface area contributed by atoms with Crippen molar-refractivity contribution in [3.63, 3.8) is 0 Å². The molecule has 5 nitrogen and oxygen atoms in total. The van der Waals surface area contributed by atoms with E-state index in [4.69, 9.17) is 11.6 Å². The number of rotatable bonds is 6. The summed E-state index contributed by atoms with van der Waals surface area (Å²) in [6, 6.07) is 15.1. The molecule has 1 heterocycles. The van der Waals surface area contributed by atoms with E-state index in [1.54, 1.807) is 18.2 Å². The van der Waals surface area contributed by atoms with Gasteiger partial charge in [0.2, 0.25) is 0 Å². The Labute approximate surface area is 175 Å². The number of carbonyl (C=O) groups is 1. The highest BCUT2D eigenvalue weighted by Crippen LogP contribution is 2.29. The zero-order valence-corrected chi connectivity index (χ0v) is 17.0. The maximum atomic E-state index is 12.4. The van der Waals surface area contributed by atoms with Crippen LogP contribution >= 0.6 is 11.6 Å². The number of hydrogen-bond acceptors (Lipinski definition) is 5. The van der Waals surface area contributed by atoms with Crippen LogP contribution in [-0.2, 0) is 0 Å². The van der Waals surface area contributed by atoms with Gasteiger partial charge in [0, 0.05) is 67.3 Å². The molecule has 1 N–H and O–H groups in total. The first-order valence-electron chi connectivity index (χ1n) is 9.93. The van der Waals surface area contributed by atoms with Crippen LogP contribution < -0.4 is 4.90 Å². The molecular formula is C23H24ClN3O2. The summed E-state index contributed by atoms with van der Waals surface area (Å²) < 4.78 is 0. The molecule has 0 amide bonds. The smallest absolute Gasteiger partial charge is 0.199 e. The number of piperazine rings is 1. The van der Waals surface area contributed by atoms with Crippen molar-refractivity contribution in [2.45, 2.75) is 6.42 Å². The molecule has 4 rings (SSSR count). The van der Waals surface area contributed by atoms with Crippen molar-refractivity contribution in [1.82, 2.24) is 4.90 Å². The monoisotopic (exact) mass is 409 g/mol. The quantitative estimate of drug-likeness (QED) is 0.576. The molecule has 1 saturated heterocycles. The topological polar surface area (TPSA) is 56.1 Å². The molecule has 0 aromatic heterocycles. The molecule has 150 valence electrons. The fraction of sp³-hybridized carbons (Fsp3) is 0.304. The Morgan fingerprint density at radius 1 is 1.00 bits per heavy atom. The first kappa shape index (κ1) is 19.7. The summed E-state index contributed by atoms with van der Waals surface area (Å²) in [5, 5.41) is 11.0. The summed E-state index contributed by atoms with van der Waals surface area (Å²) in [7, 11) is 0. The Kier molecular flexibility index (Phi) is 5.97. The van der Waals surface area contributed by atoms with Crippen molar-refractivity contribution >= 4 is 35.0 Å². The first-order chi connectivity index (χ1) is 14.1. The second-order valence-electron chi connectivity index (χ2n) is 7.33. The van der Waals surface area contributed by atoms with Crippen molar-refractivity contribution in [3.8, 4) is 0 Å². The number of fused-ring (bicyclic) bond motifs is 1. The van der Waals surface area contributed by atoms with Crippen LogP contribution in [0.2, 0.25) is 5.02 Å². The summed E-state index contributed by atoms with van der Waals surface area (Å²) in [6.07, 6.45) is 2.45. The molecule has 29 heavy (non-hydrogen) atoms. The van der Waals surface area contributed by atoms with Crippen molar-refractivity contribution in [1.29, 1.82) is 0 Å². The SMILES string of the molecule is O=C1C(C=NCCCN2CCN(c3ccc(Cl)cc3)CC2)=C(O)c2ccccc21. The number of hydrogen-bond donors (Lipinski definition) is 1. The van der Waals surface area contributed by atoms with Crippen LogP contribution in [0.4, 0.5) is 5.69 Å². The number of aliphatic hydroxyl groups is 1. The third kappa shape index (κ3) is 4.36. The minimum Gasteiger partial charge on any atom is -0.506 e. The van der Waals surface area contributed by atoms with Crippen LogP contribution in [0.5, 0.6) is 0 Å². The van der Waals surface area contributed by atoms with Gasteiger partial charge in [-0.2, -0.15) is 0 Å². The van der Waals surface area contributed by atoms with E-state index in [1.165, 1.54) is 11.9 Å². The molecule has 0 bridgehead atoms. The van der Waals surface area contributed by atoms with Crippen LogP contribution in [-0.4, -0.2) is 61.3 Å². The van der Waals surface area contributed by atoms with Gasteiger partial charge < -0.3 is 10.0 Å². The summed E-state index contributed by atoms with van der Waals surface area (Å²) in [6.45, 7) is 5.65. The molecule has 6 heteroatoms. The summed E-state index contributed by atoms with van der Waals surface area (Å²) in [5.74, 6) is -0.118. The molecule has 0 atom stereocenters. The number of nitrogens with zero attached hydrogens (tertiary/aromatic N) is 3. The zero-order valence-electron chi connectivity index (χ0n) is 16.2. The van der Waals surface area contributed by atoms with Crippen LogP contribution in [0.15, 0.2) is 59.1 Å². The number of carbonyl (C=O) groups excluding carboxylic acids is 1. The van der Waals surface area contributed by atoms with Crippen LogP contribution in [0.25, 0.3) is 5.76 Å². The lowest BCUT2D eigenvalue weighted by atomic mass is 10.1. The molecule has 1 fully saturated rings. The minimum absolute atomic E-state index is 0.0349. The van der Waals surface area contributed by atoms with Gasteiger partial charge in [-0.3, -0.25) is 14.7 Å². The Morgan fingerprint density at radius 2 is 1.69 bits per heavy atom. The second-order valence-corrected chi connectivity index (χ2v) is 7.77. The maximum absolute atomic E-state index is 12.4. The molecule has 2 aliphatic rings. The van der Waals surface area contributed by atoms with Gasteiger partial charge in [0.25, 0.3) is 0 Å². The second kappa shape index (κ2) is 8.80. The Bertz CT molecular complexity index is 945. The molecule has 2 aromatic rings. The Balaban J connectivity index is 1.21. The third-order valence-corrected chi connectivity index (χ3v) is 5.72. The van der Waals surface area contributed by atoms with Crippen LogP contribution in [0, 0.1) is 0 Å². The summed E-state index contributed by atoms with van der Waals surface area (Å²) in [4.78, 5) is 21.6.